The normalized spacial score (nSPS) is 10.8. The minimum Gasteiger partial charge on any atom is -0.494 e. The van der Waals surface area contributed by atoms with Crippen molar-refractivity contribution in [3.63, 3.8) is 0 Å². The van der Waals surface area contributed by atoms with Crippen molar-refractivity contribution in [1.82, 2.24) is 0 Å². The number of carboxylic acid groups (broad SMARTS) is 2. The van der Waals surface area contributed by atoms with Crippen LogP contribution in [-0.4, -0.2) is 46.9 Å². The SMILES string of the molecule is CCOc1cccc(-c2cc(F)c(NC(=O)c3cccc(F)c3C(=O)O)c(Cl)c2)c1.O=C(O)c1ccccc1C(=O)Nc1c(F)cc(-c2cccc(OC(F)(F)F)c2)cc1Cl. The van der Waals surface area contributed by atoms with Crippen LogP contribution in [0.25, 0.3) is 22.3 Å². The lowest BCUT2D eigenvalue weighted by molar-refractivity contribution is -0.274. The molecule has 0 aliphatic rings. The lowest BCUT2D eigenvalue weighted by Gasteiger charge is -2.13. The van der Waals surface area contributed by atoms with Crippen molar-refractivity contribution in [3.8, 4) is 33.8 Å². The number of amides is 2. The Bertz CT molecular complexity index is 2610. The highest BCUT2D eigenvalue weighted by atomic mass is 35.5. The molecule has 314 valence electrons. The van der Waals surface area contributed by atoms with Crippen molar-refractivity contribution in [2.24, 2.45) is 0 Å². The van der Waals surface area contributed by atoms with Crippen molar-refractivity contribution < 1.29 is 65.2 Å². The summed E-state index contributed by atoms with van der Waals surface area (Å²) in [5, 5.41) is 22.5. The van der Waals surface area contributed by atoms with Crippen LogP contribution in [0.4, 0.5) is 37.7 Å². The molecule has 6 rings (SSSR count). The number of nitrogens with one attached hydrogen (secondary N) is 2. The molecule has 0 aromatic heterocycles. The maximum atomic E-state index is 14.7. The van der Waals surface area contributed by atoms with Crippen molar-refractivity contribution in [1.29, 1.82) is 0 Å². The number of aromatic carboxylic acids is 2. The van der Waals surface area contributed by atoms with E-state index in [4.69, 9.17) is 33.0 Å². The molecule has 10 nitrogen and oxygen atoms in total. The average Bonchev–Trinajstić information content (AvgIpc) is 3.20. The Balaban J connectivity index is 0.000000231. The number of carbonyl (C=O) groups excluding carboxylic acids is 2. The van der Waals surface area contributed by atoms with E-state index in [1.807, 2.05) is 6.92 Å². The van der Waals surface area contributed by atoms with Crippen molar-refractivity contribution in [2.45, 2.75) is 13.3 Å². The van der Waals surface area contributed by atoms with Crippen LogP contribution in [0.2, 0.25) is 10.0 Å². The van der Waals surface area contributed by atoms with Gasteiger partial charge in [-0.2, -0.15) is 0 Å². The molecular weight excluding hydrogens is 857 g/mol. The second kappa shape index (κ2) is 19.4. The van der Waals surface area contributed by atoms with Crippen molar-refractivity contribution in [3.05, 3.63) is 165 Å². The van der Waals surface area contributed by atoms with Gasteiger partial charge in [0.15, 0.2) is 0 Å². The second-order valence-corrected chi connectivity index (χ2v) is 13.2. The number of ether oxygens (including phenoxy) is 2. The third-order valence-corrected chi connectivity index (χ3v) is 8.91. The van der Waals surface area contributed by atoms with E-state index in [2.05, 4.69) is 15.4 Å². The van der Waals surface area contributed by atoms with Crippen LogP contribution in [0, 0.1) is 17.5 Å². The van der Waals surface area contributed by atoms with Crippen LogP contribution >= 0.6 is 23.2 Å². The zero-order chi connectivity index (χ0) is 44.6. The standard InChI is InChI=1S/C22H16ClF2NO4.C21H12ClF4NO4/c1-2-30-14-6-3-5-12(9-14)13-10-16(23)20(18(25)11-13)26-21(27)15-7-4-8-17(24)19(15)22(28)29;22-16-9-12(11-4-3-5-13(8-11)31-21(24,25)26)10-17(23)18(16)27-19(28)14-6-1-2-7-15(14)20(29)30/h3-11H,2H2,1H3,(H,26,27)(H,28,29);1-10H,(H,27,28)(H,29,30). The number of rotatable bonds is 11. The quantitative estimate of drug-likeness (QED) is 0.0939. The summed E-state index contributed by atoms with van der Waals surface area (Å²) in [5.74, 6) is -7.62. The zero-order valence-electron chi connectivity index (χ0n) is 31.0. The molecule has 0 heterocycles. The lowest BCUT2D eigenvalue weighted by atomic mass is 10.0. The van der Waals surface area contributed by atoms with Crippen molar-refractivity contribution in [2.75, 3.05) is 17.2 Å². The average molecular weight is 886 g/mol. The summed E-state index contributed by atoms with van der Waals surface area (Å²) >= 11 is 12.3. The predicted octanol–water partition coefficient (Wildman–Crippen LogP) is 11.6. The molecule has 0 bridgehead atoms. The van der Waals surface area contributed by atoms with E-state index in [1.165, 1.54) is 60.7 Å². The van der Waals surface area contributed by atoms with Gasteiger partial charge in [0.2, 0.25) is 0 Å². The van der Waals surface area contributed by atoms with Gasteiger partial charge in [0, 0.05) is 0 Å². The van der Waals surface area contributed by atoms with Crippen LogP contribution in [-0.2, 0) is 0 Å². The molecular formula is C43H28Cl2F6N2O8. The van der Waals surface area contributed by atoms with Crippen LogP contribution in [0.15, 0.2) is 115 Å². The fourth-order valence-corrected chi connectivity index (χ4v) is 6.19. The Morgan fingerprint density at radius 3 is 1.54 bits per heavy atom. The Labute approximate surface area is 351 Å². The first kappa shape index (κ1) is 45.1. The summed E-state index contributed by atoms with van der Waals surface area (Å²) in [7, 11) is 0. The van der Waals surface area contributed by atoms with Gasteiger partial charge in [-0.05, 0) is 102 Å². The summed E-state index contributed by atoms with van der Waals surface area (Å²) in [6.45, 7) is 2.32. The van der Waals surface area contributed by atoms with Gasteiger partial charge in [-0.25, -0.2) is 22.8 Å². The van der Waals surface area contributed by atoms with Crippen LogP contribution in [0.5, 0.6) is 11.5 Å². The summed E-state index contributed by atoms with van der Waals surface area (Å²) in [5.41, 5.74) is -1.06. The number of carboxylic acids is 2. The monoisotopic (exact) mass is 884 g/mol. The molecule has 0 aliphatic heterocycles. The first-order chi connectivity index (χ1) is 28.9. The number of benzene rings is 6. The first-order valence-corrected chi connectivity index (χ1v) is 18.2. The molecule has 6 aromatic carbocycles. The number of anilines is 2. The van der Waals surface area contributed by atoms with E-state index in [9.17, 15) is 50.6 Å². The third kappa shape index (κ3) is 11.4. The third-order valence-electron chi connectivity index (χ3n) is 8.31. The van der Waals surface area contributed by atoms with E-state index in [0.29, 0.717) is 23.5 Å². The molecule has 0 unspecified atom stereocenters. The van der Waals surface area contributed by atoms with Gasteiger partial charge in [0.1, 0.15) is 34.5 Å². The van der Waals surface area contributed by atoms with Gasteiger partial charge < -0.3 is 30.3 Å². The van der Waals surface area contributed by atoms with Crippen LogP contribution in [0.3, 0.4) is 0 Å². The molecule has 18 heteroatoms. The number of halogens is 8. The van der Waals surface area contributed by atoms with E-state index in [1.54, 1.807) is 24.3 Å². The largest absolute Gasteiger partial charge is 0.573 e. The molecule has 2 amide bonds. The van der Waals surface area contributed by atoms with Gasteiger partial charge in [-0.1, -0.05) is 65.7 Å². The molecule has 0 saturated carbocycles. The van der Waals surface area contributed by atoms with Gasteiger partial charge in [-0.3, -0.25) is 9.59 Å². The van der Waals surface area contributed by atoms with E-state index >= 15 is 0 Å². The van der Waals surface area contributed by atoms with E-state index in [0.717, 1.165) is 30.3 Å². The number of hydrogen-bond acceptors (Lipinski definition) is 6. The highest BCUT2D eigenvalue weighted by molar-refractivity contribution is 6.35. The number of hydrogen-bond donors (Lipinski definition) is 4. The second-order valence-electron chi connectivity index (χ2n) is 12.4. The summed E-state index contributed by atoms with van der Waals surface area (Å²) in [6.07, 6.45) is -4.89. The Morgan fingerprint density at radius 2 is 1.05 bits per heavy atom. The zero-order valence-corrected chi connectivity index (χ0v) is 32.6. The van der Waals surface area contributed by atoms with Gasteiger partial charge in [0.25, 0.3) is 11.8 Å². The Morgan fingerprint density at radius 1 is 0.574 bits per heavy atom. The summed E-state index contributed by atoms with van der Waals surface area (Å²) in [6, 6.07) is 25.3. The van der Waals surface area contributed by atoms with Crippen molar-refractivity contribution >= 4 is 58.3 Å². The molecule has 0 fully saturated rings. The summed E-state index contributed by atoms with van der Waals surface area (Å²) < 4.78 is 89.8. The van der Waals surface area contributed by atoms with Crippen LogP contribution in [0.1, 0.15) is 48.4 Å². The minimum absolute atomic E-state index is 0.103. The molecule has 0 spiro atoms. The Hall–Kier alpha value is -7.04. The molecule has 61 heavy (non-hydrogen) atoms. The molecule has 0 radical (unpaired) electrons. The maximum absolute atomic E-state index is 14.7. The molecule has 6 aromatic rings. The fraction of sp³-hybridized carbons (Fsp3) is 0.0698. The molecule has 4 N–H and O–H groups in total. The topological polar surface area (TPSA) is 151 Å². The first-order valence-electron chi connectivity index (χ1n) is 17.4. The number of alkyl halides is 3. The van der Waals surface area contributed by atoms with Gasteiger partial charge in [0.05, 0.1) is 44.7 Å². The van der Waals surface area contributed by atoms with Gasteiger partial charge in [-0.15, -0.1) is 13.2 Å². The summed E-state index contributed by atoms with van der Waals surface area (Å²) in [4.78, 5) is 47.5. The minimum atomic E-state index is -4.89. The smallest absolute Gasteiger partial charge is 0.494 e. The van der Waals surface area contributed by atoms with E-state index in [-0.39, 0.29) is 38.0 Å². The molecule has 0 atom stereocenters. The molecule has 0 saturated heterocycles. The lowest BCUT2D eigenvalue weighted by Crippen LogP contribution is -2.18. The molecule has 0 aliphatic carbocycles. The highest BCUT2D eigenvalue weighted by Gasteiger charge is 2.31. The predicted molar refractivity (Wildman–Crippen MR) is 214 cm³/mol. The number of carbonyl (C=O) groups is 4. The Kier molecular flexibility index (Phi) is 14.3. The van der Waals surface area contributed by atoms with Crippen LogP contribution < -0.4 is 20.1 Å². The van der Waals surface area contributed by atoms with E-state index < -0.39 is 70.1 Å². The maximum Gasteiger partial charge on any atom is 0.573 e. The fourth-order valence-electron chi connectivity index (χ4n) is 5.68. The van der Waals surface area contributed by atoms with Gasteiger partial charge >= 0.3 is 18.3 Å². The highest BCUT2D eigenvalue weighted by Crippen LogP contribution is 2.36.